The van der Waals surface area contributed by atoms with Crippen molar-refractivity contribution in [2.75, 3.05) is 5.32 Å². The van der Waals surface area contributed by atoms with Crippen LogP contribution in [0.4, 0.5) is 5.13 Å². The van der Waals surface area contributed by atoms with Crippen molar-refractivity contribution in [3.05, 3.63) is 11.6 Å². The van der Waals surface area contributed by atoms with Crippen molar-refractivity contribution in [2.24, 2.45) is 17.8 Å². The minimum Gasteiger partial charge on any atom is -0.302 e. The minimum atomic E-state index is 0.196. The fraction of sp³-hybridized carbons (Fsp3) is 0.636. The molecular weight excluding hydrogens is 208 g/mol. The van der Waals surface area contributed by atoms with Gasteiger partial charge in [-0.2, -0.15) is 0 Å². The van der Waals surface area contributed by atoms with Crippen LogP contribution in [0, 0.1) is 17.8 Å². The van der Waals surface area contributed by atoms with Gasteiger partial charge in [0.25, 0.3) is 0 Å². The number of carbonyl (C=O) groups is 1. The number of rotatable bonds is 2. The summed E-state index contributed by atoms with van der Waals surface area (Å²) in [6.07, 6.45) is 6.84. The molecule has 4 heteroatoms. The molecule has 1 N–H and O–H groups in total. The Hall–Kier alpha value is -0.900. The van der Waals surface area contributed by atoms with Crippen LogP contribution < -0.4 is 5.32 Å². The molecule has 3 nitrogen and oxygen atoms in total. The summed E-state index contributed by atoms with van der Waals surface area (Å²) in [4.78, 5) is 16.0. The van der Waals surface area contributed by atoms with E-state index in [4.69, 9.17) is 0 Å². The summed E-state index contributed by atoms with van der Waals surface area (Å²) in [7, 11) is 0. The lowest BCUT2D eigenvalue weighted by atomic mass is 10.0. The van der Waals surface area contributed by atoms with Gasteiger partial charge in [0.15, 0.2) is 5.13 Å². The molecule has 3 rings (SSSR count). The lowest BCUT2D eigenvalue weighted by molar-refractivity contribution is -0.117. The standard InChI is InChI=1S/C11H14N2OS/c14-10(13-11-12-5-6-15-11)9-7-3-1-2-4-8(7)9/h5-9H,1-4H2,(H,12,13,14)/t7-,8+,9?. The fourth-order valence-corrected chi connectivity index (χ4v) is 3.39. The SMILES string of the molecule is O=C(Nc1nccs1)C1[C@H]2CCCC[C@@H]12. The molecule has 0 saturated heterocycles. The summed E-state index contributed by atoms with van der Waals surface area (Å²) in [5, 5.41) is 5.53. The molecule has 2 fully saturated rings. The highest BCUT2D eigenvalue weighted by atomic mass is 32.1. The van der Waals surface area contributed by atoms with Gasteiger partial charge in [0, 0.05) is 17.5 Å². The molecule has 2 saturated carbocycles. The van der Waals surface area contributed by atoms with Crippen LogP contribution in [0.15, 0.2) is 11.6 Å². The van der Waals surface area contributed by atoms with Crippen LogP contribution >= 0.6 is 11.3 Å². The Bertz CT molecular complexity index is 351. The maximum atomic E-state index is 11.9. The normalized spacial score (nSPS) is 33.2. The van der Waals surface area contributed by atoms with Gasteiger partial charge in [-0.25, -0.2) is 4.98 Å². The molecule has 80 valence electrons. The van der Waals surface area contributed by atoms with Gasteiger partial charge in [0.05, 0.1) is 0 Å². The molecule has 0 spiro atoms. The first-order chi connectivity index (χ1) is 7.36. The molecule has 1 amide bonds. The highest BCUT2D eigenvalue weighted by Crippen LogP contribution is 2.55. The summed E-state index contributed by atoms with van der Waals surface area (Å²) in [6, 6.07) is 0. The van der Waals surface area contributed by atoms with Crippen molar-refractivity contribution in [3.63, 3.8) is 0 Å². The van der Waals surface area contributed by atoms with Crippen LogP contribution in [0.5, 0.6) is 0 Å². The van der Waals surface area contributed by atoms with E-state index in [0.29, 0.717) is 11.8 Å². The number of fused-ring (bicyclic) bond motifs is 1. The topological polar surface area (TPSA) is 42.0 Å². The predicted octanol–water partition coefficient (Wildman–Crippen LogP) is 2.52. The summed E-state index contributed by atoms with van der Waals surface area (Å²) < 4.78 is 0. The van der Waals surface area contributed by atoms with Gasteiger partial charge in [-0.05, 0) is 24.7 Å². The molecule has 3 atom stereocenters. The van der Waals surface area contributed by atoms with E-state index in [1.54, 1.807) is 6.20 Å². The molecule has 1 aromatic rings. The Morgan fingerprint density at radius 1 is 1.40 bits per heavy atom. The molecule has 0 aliphatic heterocycles. The van der Waals surface area contributed by atoms with E-state index in [9.17, 15) is 4.79 Å². The fourth-order valence-electron chi connectivity index (χ4n) is 2.86. The number of amides is 1. The molecule has 15 heavy (non-hydrogen) atoms. The van der Waals surface area contributed by atoms with Crippen LogP contribution in [-0.4, -0.2) is 10.9 Å². The first-order valence-electron chi connectivity index (χ1n) is 5.56. The van der Waals surface area contributed by atoms with E-state index in [0.717, 1.165) is 5.13 Å². The molecule has 0 bridgehead atoms. The van der Waals surface area contributed by atoms with E-state index in [2.05, 4.69) is 10.3 Å². The number of hydrogen-bond acceptors (Lipinski definition) is 3. The number of anilines is 1. The van der Waals surface area contributed by atoms with E-state index in [1.165, 1.54) is 37.0 Å². The highest BCUT2D eigenvalue weighted by Gasteiger charge is 2.54. The molecule has 2 aliphatic rings. The molecule has 1 heterocycles. The zero-order valence-corrected chi connectivity index (χ0v) is 9.30. The Labute approximate surface area is 92.9 Å². The van der Waals surface area contributed by atoms with Gasteiger partial charge in [-0.1, -0.05) is 12.8 Å². The Morgan fingerprint density at radius 3 is 2.73 bits per heavy atom. The van der Waals surface area contributed by atoms with Gasteiger partial charge in [0.1, 0.15) is 0 Å². The van der Waals surface area contributed by atoms with Crippen molar-refractivity contribution in [1.29, 1.82) is 0 Å². The third kappa shape index (κ3) is 1.67. The third-order valence-electron chi connectivity index (χ3n) is 3.62. The number of thiazole rings is 1. The Kier molecular flexibility index (Phi) is 2.24. The van der Waals surface area contributed by atoms with Crippen LogP contribution in [0.3, 0.4) is 0 Å². The number of carbonyl (C=O) groups excluding carboxylic acids is 1. The van der Waals surface area contributed by atoms with Crippen LogP contribution in [0.1, 0.15) is 25.7 Å². The van der Waals surface area contributed by atoms with Crippen molar-refractivity contribution in [1.82, 2.24) is 4.98 Å². The van der Waals surface area contributed by atoms with E-state index >= 15 is 0 Å². The number of hydrogen-bond donors (Lipinski definition) is 1. The van der Waals surface area contributed by atoms with Gasteiger partial charge >= 0.3 is 0 Å². The maximum absolute atomic E-state index is 11.9. The van der Waals surface area contributed by atoms with Crippen LogP contribution in [-0.2, 0) is 4.79 Å². The van der Waals surface area contributed by atoms with Crippen molar-refractivity contribution < 1.29 is 4.79 Å². The number of nitrogens with one attached hydrogen (secondary N) is 1. The van der Waals surface area contributed by atoms with Crippen molar-refractivity contribution in [3.8, 4) is 0 Å². The second-order valence-corrected chi connectivity index (χ2v) is 5.36. The number of nitrogens with zero attached hydrogens (tertiary/aromatic N) is 1. The Morgan fingerprint density at radius 2 is 2.13 bits per heavy atom. The average Bonchev–Trinajstić information content (AvgIpc) is 2.77. The summed E-state index contributed by atoms with van der Waals surface area (Å²) in [5.41, 5.74) is 0. The summed E-state index contributed by atoms with van der Waals surface area (Å²) in [5.74, 6) is 1.84. The lowest BCUT2D eigenvalue weighted by Gasteiger charge is -2.04. The highest BCUT2D eigenvalue weighted by molar-refractivity contribution is 7.13. The molecule has 1 unspecified atom stereocenters. The van der Waals surface area contributed by atoms with Gasteiger partial charge in [-0.15, -0.1) is 11.3 Å². The maximum Gasteiger partial charge on any atom is 0.229 e. The zero-order chi connectivity index (χ0) is 10.3. The van der Waals surface area contributed by atoms with Gasteiger partial charge in [-0.3, -0.25) is 4.79 Å². The Balaban J connectivity index is 1.62. The molecule has 0 radical (unpaired) electrons. The molecule has 0 aromatic carbocycles. The van der Waals surface area contributed by atoms with E-state index < -0.39 is 0 Å². The molecule has 1 aromatic heterocycles. The minimum absolute atomic E-state index is 0.196. The predicted molar refractivity (Wildman–Crippen MR) is 59.7 cm³/mol. The van der Waals surface area contributed by atoms with E-state index in [1.807, 2.05) is 5.38 Å². The average molecular weight is 222 g/mol. The second kappa shape index (κ2) is 3.59. The second-order valence-electron chi connectivity index (χ2n) is 4.46. The molecular formula is C11H14N2OS. The molecule has 2 aliphatic carbocycles. The largest absolute Gasteiger partial charge is 0.302 e. The smallest absolute Gasteiger partial charge is 0.229 e. The lowest BCUT2D eigenvalue weighted by Crippen LogP contribution is -2.15. The summed E-state index contributed by atoms with van der Waals surface area (Å²) in [6.45, 7) is 0. The quantitative estimate of drug-likeness (QED) is 0.835. The third-order valence-corrected chi connectivity index (χ3v) is 4.31. The first-order valence-corrected chi connectivity index (χ1v) is 6.44. The zero-order valence-electron chi connectivity index (χ0n) is 8.48. The summed E-state index contributed by atoms with van der Waals surface area (Å²) >= 11 is 1.49. The van der Waals surface area contributed by atoms with Gasteiger partial charge < -0.3 is 5.32 Å². The first kappa shape index (κ1) is 9.33. The number of aromatic nitrogens is 1. The monoisotopic (exact) mass is 222 g/mol. The van der Waals surface area contributed by atoms with Crippen molar-refractivity contribution in [2.45, 2.75) is 25.7 Å². The van der Waals surface area contributed by atoms with E-state index in [-0.39, 0.29) is 11.8 Å². The van der Waals surface area contributed by atoms with Crippen LogP contribution in [0.25, 0.3) is 0 Å². The van der Waals surface area contributed by atoms with Crippen LogP contribution in [0.2, 0.25) is 0 Å². The van der Waals surface area contributed by atoms with Crippen molar-refractivity contribution >= 4 is 22.4 Å². The van der Waals surface area contributed by atoms with Gasteiger partial charge in [0.2, 0.25) is 5.91 Å².